The molecule has 1 N–H and O–H groups in total. The van der Waals surface area contributed by atoms with Gasteiger partial charge in [-0.25, -0.2) is 14.8 Å². The van der Waals surface area contributed by atoms with Crippen molar-refractivity contribution in [2.75, 3.05) is 0 Å². The molecule has 0 radical (unpaired) electrons. The van der Waals surface area contributed by atoms with Crippen molar-refractivity contribution >= 4 is 34.1 Å². The van der Waals surface area contributed by atoms with Crippen LogP contribution < -0.4 is 0 Å². The number of carboxylic acid groups (broad SMARTS) is 1. The van der Waals surface area contributed by atoms with Crippen LogP contribution in [0, 0.1) is 0 Å². The molecule has 0 fully saturated rings. The highest BCUT2D eigenvalue weighted by molar-refractivity contribution is 7.14. The number of carbonyl (C=O) groups is 2. The van der Waals surface area contributed by atoms with Crippen LogP contribution in [0.1, 0.15) is 32.3 Å². The molecule has 0 spiro atoms. The minimum atomic E-state index is -4.70. The van der Waals surface area contributed by atoms with Crippen LogP contribution in [0.15, 0.2) is 52.5 Å². The second-order valence-electron chi connectivity index (χ2n) is 6.31. The maximum Gasteiger partial charge on any atom is 0.451 e. The smallest absolute Gasteiger partial charge is 0.451 e. The van der Waals surface area contributed by atoms with E-state index >= 15 is 0 Å². The van der Waals surface area contributed by atoms with Crippen molar-refractivity contribution in [3.8, 4) is 10.4 Å². The zero-order valence-corrected chi connectivity index (χ0v) is 15.8. The van der Waals surface area contributed by atoms with E-state index < -0.39 is 23.8 Å². The predicted molar refractivity (Wildman–Crippen MR) is 102 cm³/mol. The molecule has 0 saturated heterocycles. The third kappa shape index (κ3) is 3.69. The summed E-state index contributed by atoms with van der Waals surface area (Å²) < 4.78 is 43.5. The van der Waals surface area contributed by atoms with Crippen LogP contribution in [0.2, 0.25) is 0 Å². The van der Waals surface area contributed by atoms with Crippen molar-refractivity contribution in [2.45, 2.75) is 12.6 Å². The summed E-state index contributed by atoms with van der Waals surface area (Å²) in [4.78, 5) is 31.1. The van der Waals surface area contributed by atoms with Gasteiger partial charge in [0.15, 0.2) is 5.76 Å². The number of aromatic carboxylic acids is 1. The molecule has 0 bridgehead atoms. The number of para-hydroxylation sites is 1. The Balaban J connectivity index is 1.65. The highest BCUT2D eigenvalue weighted by atomic mass is 32.1. The van der Waals surface area contributed by atoms with Crippen LogP contribution >= 0.6 is 11.3 Å². The highest BCUT2D eigenvalue weighted by Crippen LogP contribution is 2.34. The van der Waals surface area contributed by atoms with E-state index in [1.807, 2.05) is 0 Å². The largest absolute Gasteiger partial charge is 0.478 e. The standard InChI is InChI=1S/C20H11F3N2O4S/c21-20(22,23)19-24-7-12(8-25-19)17-16(18(27)28)11(9-30-17)5-13(26)15-6-10-3-1-2-4-14(10)29-15/h1-4,6-9H,5H2,(H,27,28). The van der Waals surface area contributed by atoms with Gasteiger partial charge in [-0.3, -0.25) is 4.79 Å². The van der Waals surface area contributed by atoms with Crippen molar-refractivity contribution < 1.29 is 32.3 Å². The van der Waals surface area contributed by atoms with E-state index in [4.69, 9.17) is 4.42 Å². The van der Waals surface area contributed by atoms with Crippen LogP contribution in [0.5, 0.6) is 0 Å². The van der Waals surface area contributed by atoms with Crippen molar-refractivity contribution in [1.29, 1.82) is 0 Å². The fourth-order valence-electron chi connectivity index (χ4n) is 2.94. The molecule has 0 aliphatic carbocycles. The monoisotopic (exact) mass is 432 g/mol. The molecule has 3 aromatic heterocycles. The maximum absolute atomic E-state index is 12.7. The molecule has 10 heteroatoms. The lowest BCUT2D eigenvalue weighted by Crippen LogP contribution is -2.10. The van der Waals surface area contributed by atoms with Gasteiger partial charge in [0, 0.05) is 29.8 Å². The lowest BCUT2D eigenvalue weighted by Gasteiger charge is -2.06. The van der Waals surface area contributed by atoms with Gasteiger partial charge in [0.25, 0.3) is 0 Å². The first-order chi connectivity index (χ1) is 14.2. The van der Waals surface area contributed by atoms with Gasteiger partial charge in [-0.05, 0) is 23.1 Å². The van der Waals surface area contributed by atoms with E-state index in [-0.39, 0.29) is 33.7 Å². The van der Waals surface area contributed by atoms with E-state index in [1.54, 1.807) is 30.3 Å². The first-order valence-corrected chi connectivity index (χ1v) is 9.37. The minimum Gasteiger partial charge on any atom is -0.478 e. The van der Waals surface area contributed by atoms with E-state index in [1.165, 1.54) is 5.38 Å². The lowest BCUT2D eigenvalue weighted by atomic mass is 10.0. The number of carbonyl (C=O) groups excluding carboxylic acids is 1. The lowest BCUT2D eigenvalue weighted by molar-refractivity contribution is -0.145. The first kappa shape index (κ1) is 19.8. The zero-order valence-electron chi connectivity index (χ0n) is 14.9. The number of benzene rings is 1. The SMILES string of the molecule is O=C(Cc1csc(-c2cnc(C(F)(F)F)nc2)c1C(=O)O)c1cc2ccccc2o1. The van der Waals surface area contributed by atoms with Gasteiger partial charge in [0.1, 0.15) is 5.58 Å². The number of alkyl halides is 3. The van der Waals surface area contributed by atoms with Crippen LogP contribution in [-0.2, 0) is 12.6 Å². The molecule has 0 atom stereocenters. The van der Waals surface area contributed by atoms with Crippen molar-refractivity contribution in [2.24, 2.45) is 0 Å². The van der Waals surface area contributed by atoms with Crippen molar-refractivity contribution in [3.05, 3.63) is 70.8 Å². The van der Waals surface area contributed by atoms with Gasteiger partial charge in [0.05, 0.1) is 10.4 Å². The van der Waals surface area contributed by atoms with Gasteiger partial charge in [-0.15, -0.1) is 11.3 Å². The highest BCUT2D eigenvalue weighted by Gasteiger charge is 2.34. The molecule has 1 aromatic carbocycles. The molecular formula is C20H11F3N2O4S. The molecule has 3 heterocycles. The van der Waals surface area contributed by atoms with Crippen LogP contribution in [0.25, 0.3) is 21.4 Å². The van der Waals surface area contributed by atoms with Gasteiger partial charge < -0.3 is 9.52 Å². The number of Topliss-reactive ketones (excluding diaryl/α,β-unsaturated/α-hetero) is 1. The Morgan fingerprint density at radius 2 is 1.83 bits per heavy atom. The predicted octanol–water partition coefficient (Wildman–Crippen LogP) is 5.09. The maximum atomic E-state index is 12.7. The van der Waals surface area contributed by atoms with Crippen molar-refractivity contribution in [3.63, 3.8) is 0 Å². The van der Waals surface area contributed by atoms with E-state index in [0.29, 0.717) is 5.58 Å². The Labute approximate surface area is 170 Å². The number of carboxylic acids is 1. The number of thiophene rings is 1. The average molecular weight is 432 g/mol. The molecule has 6 nitrogen and oxygen atoms in total. The quantitative estimate of drug-likeness (QED) is 0.442. The number of ketones is 1. The van der Waals surface area contributed by atoms with Crippen LogP contribution in [0.4, 0.5) is 13.2 Å². The molecule has 0 unspecified atom stereocenters. The molecular weight excluding hydrogens is 421 g/mol. The summed E-state index contributed by atoms with van der Waals surface area (Å²) in [6, 6.07) is 8.63. The Bertz CT molecular complexity index is 1230. The van der Waals surface area contributed by atoms with E-state index in [9.17, 15) is 27.9 Å². The molecule has 0 aliphatic rings. The third-order valence-electron chi connectivity index (χ3n) is 4.30. The molecule has 4 aromatic rings. The second kappa shape index (κ2) is 7.38. The Morgan fingerprint density at radius 3 is 2.47 bits per heavy atom. The number of nitrogens with zero attached hydrogens (tertiary/aromatic N) is 2. The first-order valence-electron chi connectivity index (χ1n) is 8.49. The number of hydrogen-bond acceptors (Lipinski definition) is 6. The Morgan fingerprint density at radius 1 is 1.13 bits per heavy atom. The number of rotatable bonds is 5. The Hall–Kier alpha value is -3.53. The zero-order chi connectivity index (χ0) is 21.5. The van der Waals surface area contributed by atoms with Gasteiger partial charge >= 0.3 is 12.1 Å². The van der Waals surface area contributed by atoms with Crippen LogP contribution in [0.3, 0.4) is 0 Å². The summed E-state index contributed by atoms with van der Waals surface area (Å²) in [7, 11) is 0. The number of hydrogen-bond donors (Lipinski definition) is 1. The number of halogens is 3. The van der Waals surface area contributed by atoms with Crippen molar-refractivity contribution in [1.82, 2.24) is 9.97 Å². The second-order valence-corrected chi connectivity index (χ2v) is 7.19. The summed E-state index contributed by atoms with van der Waals surface area (Å²) in [6.45, 7) is 0. The Kier molecular flexibility index (Phi) is 4.86. The topological polar surface area (TPSA) is 93.3 Å². The fraction of sp³-hybridized carbons (Fsp3) is 0.100. The molecule has 0 saturated carbocycles. The number of furan rings is 1. The summed E-state index contributed by atoms with van der Waals surface area (Å²) in [5.74, 6) is -2.95. The molecule has 0 amide bonds. The minimum absolute atomic E-state index is 0.0955. The molecule has 152 valence electrons. The molecule has 4 rings (SSSR count). The van der Waals surface area contributed by atoms with E-state index in [2.05, 4.69) is 9.97 Å². The van der Waals surface area contributed by atoms with Gasteiger partial charge in [-0.2, -0.15) is 13.2 Å². The summed E-state index contributed by atoms with van der Waals surface area (Å²) >= 11 is 0.988. The van der Waals surface area contributed by atoms with Gasteiger partial charge in [0.2, 0.25) is 11.6 Å². The van der Waals surface area contributed by atoms with E-state index in [0.717, 1.165) is 29.1 Å². The normalized spacial score (nSPS) is 11.7. The summed E-state index contributed by atoms with van der Waals surface area (Å²) in [5.41, 5.74) is 0.709. The van der Waals surface area contributed by atoms with Gasteiger partial charge in [-0.1, -0.05) is 18.2 Å². The summed E-state index contributed by atoms with van der Waals surface area (Å²) in [6.07, 6.45) is -3.11. The molecule has 30 heavy (non-hydrogen) atoms. The fourth-order valence-corrected chi connectivity index (χ4v) is 3.98. The van der Waals surface area contributed by atoms with Crippen LogP contribution in [-0.4, -0.2) is 26.8 Å². The number of aromatic nitrogens is 2. The summed E-state index contributed by atoms with van der Waals surface area (Å²) in [5, 5.41) is 11.9. The molecule has 0 aliphatic heterocycles. The third-order valence-corrected chi connectivity index (χ3v) is 5.38. The average Bonchev–Trinajstić information content (AvgIpc) is 3.31. The number of fused-ring (bicyclic) bond motifs is 1.